The fraction of sp³-hybridized carbons (Fsp3) is 0.261. The number of benzene rings is 1. The number of aliphatic imine (C=N–C) groups is 2. The molecule has 0 spiro atoms. The highest BCUT2D eigenvalue weighted by Gasteiger charge is 2.32. The van der Waals surface area contributed by atoms with Gasteiger partial charge in [0.2, 0.25) is 0 Å². The lowest BCUT2D eigenvalue weighted by atomic mass is 9.98. The third-order valence-corrected chi connectivity index (χ3v) is 6.53. The van der Waals surface area contributed by atoms with Gasteiger partial charge in [0.05, 0.1) is 12.1 Å². The summed E-state index contributed by atoms with van der Waals surface area (Å²) in [4.78, 5) is 21.5. The highest BCUT2D eigenvalue weighted by molar-refractivity contribution is 7.15. The first-order valence-corrected chi connectivity index (χ1v) is 11.0. The molecule has 0 saturated carbocycles. The molecule has 1 aromatic carbocycles. The molecule has 4 rings (SSSR count). The molecule has 0 amide bonds. The lowest BCUT2D eigenvalue weighted by Gasteiger charge is -2.10. The summed E-state index contributed by atoms with van der Waals surface area (Å²) in [5, 5.41) is 19.0. The molecule has 5 N–H and O–H groups in total. The highest BCUT2D eigenvalue weighted by Crippen LogP contribution is 2.39. The fourth-order valence-corrected chi connectivity index (χ4v) is 4.89. The molecule has 0 fully saturated rings. The molecule has 1 atom stereocenters. The fourth-order valence-electron chi connectivity index (χ4n) is 3.67. The Morgan fingerprint density at radius 3 is 2.61 bits per heavy atom. The quantitative estimate of drug-likeness (QED) is 0.309. The first-order valence-electron chi connectivity index (χ1n) is 10.2. The molecular weight excluding hydrogens is 438 g/mol. The van der Waals surface area contributed by atoms with Crippen LogP contribution in [0.4, 0.5) is 0 Å². The van der Waals surface area contributed by atoms with Crippen LogP contribution >= 0.6 is 11.3 Å². The van der Waals surface area contributed by atoms with Gasteiger partial charge in [-0.15, -0.1) is 21.5 Å². The number of carbonyl (C=O) groups is 1. The number of guanidine groups is 1. The Kier molecular flexibility index (Phi) is 5.98. The molecule has 1 aliphatic rings. The van der Waals surface area contributed by atoms with E-state index in [-0.39, 0.29) is 18.9 Å². The molecule has 9 nitrogen and oxygen atoms in total. The number of hydrogen-bond donors (Lipinski definition) is 3. The zero-order valence-corrected chi connectivity index (χ0v) is 19.3. The van der Waals surface area contributed by atoms with E-state index in [1.165, 1.54) is 0 Å². The molecule has 3 aromatic rings. The van der Waals surface area contributed by atoms with E-state index in [0.29, 0.717) is 11.6 Å². The largest absolute Gasteiger partial charge is 0.481 e. The van der Waals surface area contributed by atoms with E-state index in [1.54, 1.807) is 11.3 Å². The zero-order chi connectivity index (χ0) is 23.7. The lowest BCUT2D eigenvalue weighted by molar-refractivity contribution is -0.137. The molecule has 33 heavy (non-hydrogen) atoms. The second kappa shape index (κ2) is 8.88. The number of nitrogens with zero attached hydrogens (tertiary/aromatic N) is 5. The summed E-state index contributed by atoms with van der Waals surface area (Å²) in [7, 11) is 0. The van der Waals surface area contributed by atoms with Crippen molar-refractivity contribution < 1.29 is 9.90 Å². The summed E-state index contributed by atoms with van der Waals surface area (Å²) in [6.07, 6.45) is -0.178. The maximum atomic E-state index is 11.6. The molecule has 0 aliphatic carbocycles. The molecule has 0 saturated heterocycles. The van der Waals surface area contributed by atoms with Crippen LogP contribution in [0.15, 0.2) is 34.3 Å². The minimum absolute atomic E-state index is 0.00422. The SMILES string of the molecule is Cc1sc2c(c1C)C(c1ccc(C#CCN=C(N)N)cc1)=N[C@H](CC(=O)O)c1nnc(C)n1-2. The Morgan fingerprint density at radius 1 is 1.21 bits per heavy atom. The Morgan fingerprint density at radius 2 is 1.94 bits per heavy atom. The van der Waals surface area contributed by atoms with Gasteiger partial charge < -0.3 is 16.6 Å². The van der Waals surface area contributed by atoms with Crippen molar-refractivity contribution in [2.75, 3.05) is 6.54 Å². The Labute approximate surface area is 194 Å². The van der Waals surface area contributed by atoms with Crippen molar-refractivity contribution in [1.29, 1.82) is 0 Å². The predicted octanol–water partition coefficient (Wildman–Crippen LogP) is 2.25. The topological polar surface area (TPSA) is 145 Å². The monoisotopic (exact) mass is 461 g/mol. The molecule has 0 unspecified atom stereocenters. The smallest absolute Gasteiger partial charge is 0.306 e. The second-order valence-electron chi connectivity index (χ2n) is 7.62. The van der Waals surface area contributed by atoms with Gasteiger partial charge in [-0.3, -0.25) is 14.4 Å². The molecule has 168 valence electrons. The van der Waals surface area contributed by atoms with E-state index in [4.69, 9.17) is 16.5 Å². The number of thiophene rings is 1. The van der Waals surface area contributed by atoms with Gasteiger partial charge in [-0.05, 0) is 38.5 Å². The number of aromatic nitrogens is 3. The van der Waals surface area contributed by atoms with Crippen molar-refractivity contribution >= 4 is 29.0 Å². The number of nitrogens with two attached hydrogens (primary N) is 2. The summed E-state index contributed by atoms with van der Waals surface area (Å²) < 4.78 is 1.94. The van der Waals surface area contributed by atoms with E-state index in [0.717, 1.165) is 37.8 Å². The maximum absolute atomic E-state index is 11.6. The van der Waals surface area contributed by atoms with Gasteiger partial charge in [0.15, 0.2) is 11.8 Å². The first-order chi connectivity index (χ1) is 15.8. The van der Waals surface area contributed by atoms with Crippen LogP contribution < -0.4 is 11.5 Å². The van der Waals surface area contributed by atoms with Gasteiger partial charge in [0.25, 0.3) is 0 Å². The number of hydrogen-bond acceptors (Lipinski definition) is 6. The number of aliphatic carboxylic acids is 1. The number of aryl methyl sites for hydroxylation is 2. The summed E-state index contributed by atoms with van der Waals surface area (Å²) in [6, 6.07) is 7.03. The van der Waals surface area contributed by atoms with Crippen LogP contribution in [0.25, 0.3) is 5.00 Å². The number of fused-ring (bicyclic) bond motifs is 3. The average molecular weight is 462 g/mol. The molecule has 0 bridgehead atoms. The Hall–Kier alpha value is -3.97. The van der Waals surface area contributed by atoms with E-state index < -0.39 is 12.0 Å². The molecule has 3 heterocycles. The van der Waals surface area contributed by atoms with Crippen LogP contribution in [0.1, 0.15) is 51.2 Å². The molecular formula is C23H23N7O2S. The van der Waals surface area contributed by atoms with Crippen molar-refractivity contribution in [3.05, 3.63) is 63.0 Å². The van der Waals surface area contributed by atoms with E-state index in [9.17, 15) is 9.90 Å². The van der Waals surface area contributed by atoms with E-state index in [1.807, 2.05) is 35.8 Å². The Bertz CT molecular complexity index is 1350. The third kappa shape index (κ3) is 4.36. The number of carboxylic acid groups (broad SMARTS) is 1. The van der Waals surface area contributed by atoms with Gasteiger partial charge in [-0.25, -0.2) is 4.99 Å². The van der Waals surface area contributed by atoms with E-state index in [2.05, 4.69) is 40.9 Å². The summed E-state index contributed by atoms with van der Waals surface area (Å²) in [6.45, 7) is 6.21. The zero-order valence-electron chi connectivity index (χ0n) is 18.5. The molecule has 1 aliphatic heterocycles. The van der Waals surface area contributed by atoms with Gasteiger partial charge in [-0.1, -0.05) is 24.0 Å². The lowest BCUT2D eigenvalue weighted by Crippen LogP contribution is -2.22. The van der Waals surface area contributed by atoms with Crippen molar-refractivity contribution in [1.82, 2.24) is 14.8 Å². The second-order valence-corrected chi connectivity index (χ2v) is 8.82. The number of carboxylic acids is 1. The van der Waals surface area contributed by atoms with Crippen molar-refractivity contribution in [2.24, 2.45) is 21.5 Å². The van der Waals surface area contributed by atoms with Crippen LogP contribution in [-0.2, 0) is 4.79 Å². The van der Waals surface area contributed by atoms with Crippen LogP contribution in [0.3, 0.4) is 0 Å². The van der Waals surface area contributed by atoms with Gasteiger partial charge >= 0.3 is 5.97 Å². The highest BCUT2D eigenvalue weighted by atomic mass is 32.1. The van der Waals surface area contributed by atoms with Gasteiger partial charge in [0, 0.05) is 21.6 Å². The van der Waals surface area contributed by atoms with Crippen LogP contribution in [-0.4, -0.2) is 44.1 Å². The average Bonchev–Trinajstić information content (AvgIpc) is 3.24. The van der Waals surface area contributed by atoms with Crippen LogP contribution in [0, 0.1) is 32.6 Å². The Balaban J connectivity index is 1.82. The minimum Gasteiger partial charge on any atom is -0.481 e. The normalized spacial score (nSPS) is 14.3. The van der Waals surface area contributed by atoms with Gasteiger partial charge in [0.1, 0.15) is 23.4 Å². The molecule has 10 heteroatoms. The van der Waals surface area contributed by atoms with Crippen molar-refractivity contribution in [2.45, 2.75) is 33.2 Å². The summed E-state index contributed by atoms with van der Waals surface area (Å²) in [5.41, 5.74) is 15.1. The number of rotatable bonds is 4. The maximum Gasteiger partial charge on any atom is 0.306 e. The van der Waals surface area contributed by atoms with Crippen LogP contribution in [0.2, 0.25) is 0 Å². The predicted molar refractivity (Wildman–Crippen MR) is 128 cm³/mol. The van der Waals surface area contributed by atoms with Crippen molar-refractivity contribution in [3.8, 4) is 16.8 Å². The standard InChI is InChI=1S/C23H23N7O2S/c1-12-13(2)33-22-19(12)20(16-8-6-15(7-9-16)5-4-10-26-23(24)25)27-17(11-18(31)32)21-29-28-14(3)30(21)22/h6-9,17H,10-11H2,1-3H3,(H,31,32)(H4,24,25,26)/t17-/m1/s1. The molecule has 2 aromatic heterocycles. The summed E-state index contributed by atoms with van der Waals surface area (Å²) in [5.74, 6) is 6.22. The summed E-state index contributed by atoms with van der Waals surface area (Å²) >= 11 is 1.63. The minimum atomic E-state index is -0.945. The van der Waals surface area contributed by atoms with Crippen LogP contribution in [0.5, 0.6) is 0 Å². The van der Waals surface area contributed by atoms with E-state index >= 15 is 0 Å². The molecule has 0 radical (unpaired) electrons. The first kappa shape index (κ1) is 22.2. The third-order valence-electron chi connectivity index (χ3n) is 5.34. The van der Waals surface area contributed by atoms with Crippen molar-refractivity contribution in [3.63, 3.8) is 0 Å². The van der Waals surface area contributed by atoms with Gasteiger partial charge in [-0.2, -0.15) is 0 Å².